The Hall–Kier alpha value is -3.68. The molecule has 1 aromatic heterocycles. The van der Waals surface area contributed by atoms with Gasteiger partial charge in [0.1, 0.15) is 5.75 Å². The van der Waals surface area contributed by atoms with E-state index in [9.17, 15) is 14.4 Å². The van der Waals surface area contributed by atoms with Crippen LogP contribution in [-0.2, 0) is 11.8 Å². The molecule has 2 amide bonds. The molecule has 0 aliphatic heterocycles. The van der Waals surface area contributed by atoms with Crippen molar-refractivity contribution < 1.29 is 14.3 Å². The minimum absolute atomic E-state index is 0.129. The highest BCUT2D eigenvalue weighted by Gasteiger charge is 2.16. The van der Waals surface area contributed by atoms with Crippen molar-refractivity contribution in [2.45, 2.75) is 6.92 Å². The third-order valence-electron chi connectivity index (χ3n) is 3.94. The van der Waals surface area contributed by atoms with Gasteiger partial charge in [0, 0.05) is 25.0 Å². The molecule has 0 aliphatic carbocycles. The summed E-state index contributed by atoms with van der Waals surface area (Å²) in [5, 5.41) is 10.4. The molecular weight excluding hydrogens is 348 g/mol. The number of nitrogens with one attached hydrogen (secondary N) is 2. The fourth-order valence-electron chi connectivity index (χ4n) is 2.73. The van der Waals surface area contributed by atoms with Crippen molar-refractivity contribution in [3.8, 4) is 5.75 Å². The number of methoxy groups -OCH3 is 1. The number of aryl methyl sites for hydroxylation is 1. The minimum atomic E-state index is -0.472. The monoisotopic (exact) mass is 366 g/mol. The number of hydrogen-bond donors (Lipinski definition) is 2. The zero-order chi connectivity index (χ0) is 19.6. The third-order valence-corrected chi connectivity index (χ3v) is 3.94. The van der Waals surface area contributed by atoms with Gasteiger partial charge in [0.25, 0.3) is 11.5 Å². The number of ether oxygens (including phenoxy) is 1. The van der Waals surface area contributed by atoms with Crippen LogP contribution < -0.4 is 20.9 Å². The van der Waals surface area contributed by atoms with Gasteiger partial charge in [-0.15, -0.1) is 0 Å². The molecule has 2 aromatic carbocycles. The van der Waals surface area contributed by atoms with Crippen LogP contribution in [0.3, 0.4) is 0 Å². The minimum Gasteiger partial charge on any atom is -0.495 e. The molecule has 0 saturated carbocycles. The fourth-order valence-corrected chi connectivity index (χ4v) is 2.73. The van der Waals surface area contributed by atoms with Crippen LogP contribution in [0.2, 0.25) is 0 Å². The molecule has 0 spiro atoms. The van der Waals surface area contributed by atoms with Crippen LogP contribution in [0, 0.1) is 0 Å². The van der Waals surface area contributed by atoms with Gasteiger partial charge in [-0.25, -0.2) is 4.68 Å². The zero-order valence-corrected chi connectivity index (χ0v) is 15.1. The van der Waals surface area contributed by atoms with Gasteiger partial charge < -0.3 is 15.4 Å². The summed E-state index contributed by atoms with van der Waals surface area (Å²) in [5.74, 6) is -0.267. The number of benzene rings is 2. The Morgan fingerprint density at radius 3 is 2.44 bits per heavy atom. The van der Waals surface area contributed by atoms with Crippen LogP contribution in [-0.4, -0.2) is 28.7 Å². The summed E-state index contributed by atoms with van der Waals surface area (Å²) in [6, 6.07) is 11.7. The molecule has 0 atom stereocenters. The average molecular weight is 366 g/mol. The van der Waals surface area contributed by atoms with E-state index in [1.54, 1.807) is 42.5 Å². The van der Waals surface area contributed by atoms with Gasteiger partial charge in [0.15, 0.2) is 5.69 Å². The maximum atomic E-state index is 12.8. The number of amides is 2. The molecule has 0 bridgehead atoms. The van der Waals surface area contributed by atoms with E-state index in [2.05, 4.69) is 15.7 Å². The van der Waals surface area contributed by atoms with Gasteiger partial charge >= 0.3 is 0 Å². The lowest BCUT2D eigenvalue weighted by atomic mass is 10.1. The molecule has 8 heteroatoms. The van der Waals surface area contributed by atoms with E-state index >= 15 is 0 Å². The second-order valence-corrected chi connectivity index (χ2v) is 5.87. The van der Waals surface area contributed by atoms with Crippen LogP contribution in [0.15, 0.2) is 47.3 Å². The Bertz CT molecular complexity index is 1100. The number of aromatic nitrogens is 2. The highest BCUT2D eigenvalue weighted by Crippen LogP contribution is 2.28. The molecule has 8 nitrogen and oxygen atoms in total. The lowest BCUT2D eigenvalue weighted by Crippen LogP contribution is -2.25. The molecular formula is C19H18N4O4. The molecule has 138 valence electrons. The summed E-state index contributed by atoms with van der Waals surface area (Å²) in [6.07, 6.45) is 0. The molecule has 0 saturated heterocycles. The number of carbonyl (C=O) groups is 2. The maximum Gasteiger partial charge on any atom is 0.276 e. The summed E-state index contributed by atoms with van der Waals surface area (Å²) in [4.78, 5) is 36.3. The Balaban J connectivity index is 1.99. The Morgan fingerprint density at radius 1 is 1.07 bits per heavy atom. The van der Waals surface area contributed by atoms with E-state index in [0.29, 0.717) is 27.9 Å². The molecule has 27 heavy (non-hydrogen) atoms. The second kappa shape index (κ2) is 7.28. The van der Waals surface area contributed by atoms with Crippen molar-refractivity contribution in [3.05, 3.63) is 58.5 Å². The van der Waals surface area contributed by atoms with E-state index in [1.165, 1.54) is 21.1 Å². The second-order valence-electron chi connectivity index (χ2n) is 5.87. The molecule has 0 unspecified atom stereocenters. The van der Waals surface area contributed by atoms with Gasteiger partial charge in [0.2, 0.25) is 5.91 Å². The molecule has 2 N–H and O–H groups in total. The lowest BCUT2D eigenvalue weighted by molar-refractivity contribution is -0.114. The summed E-state index contributed by atoms with van der Waals surface area (Å²) < 4.78 is 6.33. The molecule has 0 fully saturated rings. The smallest absolute Gasteiger partial charge is 0.276 e. The highest BCUT2D eigenvalue weighted by molar-refractivity contribution is 6.11. The van der Waals surface area contributed by atoms with Crippen LogP contribution in [0.5, 0.6) is 5.75 Å². The summed E-state index contributed by atoms with van der Waals surface area (Å²) in [7, 11) is 2.98. The SMILES string of the molecule is COc1ccc(NC(=O)c2nn(C)c(=O)c3ccccc23)cc1NC(C)=O. The summed E-state index contributed by atoms with van der Waals surface area (Å²) in [5.41, 5.74) is 0.731. The summed E-state index contributed by atoms with van der Waals surface area (Å²) in [6.45, 7) is 1.38. The lowest BCUT2D eigenvalue weighted by Gasteiger charge is -2.12. The number of nitrogens with zero attached hydrogens (tertiary/aromatic N) is 2. The first-order valence-corrected chi connectivity index (χ1v) is 8.13. The van der Waals surface area contributed by atoms with E-state index < -0.39 is 5.91 Å². The van der Waals surface area contributed by atoms with Crippen molar-refractivity contribution in [2.75, 3.05) is 17.7 Å². The van der Waals surface area contributed by atoms with Crippen molar-refractivity contribution in [2.24, 2.45) is 7.05 Å². The normalized spacial score (nSPS) is 10.5. The van der Waals surface area contributed by atoms with E-state index in [1.807, 2.05) is 0 Å². The zero-order valence-electron chi connectivity index (χ0n) is 15.1. The van der Waals surface area contributed by atoms with Gasteiger partial charge in [-0.1, -0.05) is 18.2 Å². The molecule has 0 aliphatic rings. The first kappa shape index (κ1) is 18.1. The standard InChI is InChI=1S/C19H18N4O4/c1-11(24)20-15-10-12(8-9-16(15)27-3)21-18(25)17-13-6-4-5-7-14(13)19(26)23(2)22-17/h4-10H,1-3H3,(H,20,24)(H,21,25). The van der Waals surface area contributed by atoms with E-state index in [4.69, 9.17) is 4.74 Å². The van der Waals surface area contributed by atoms with E-state index in [-0.39, 0.29) is 17.2 Å². The first-order valence-electron chi connectivity index (χ1n) is 8.13. The van der Waals surface area contributed by atoms with Crippen molar-refractivity contribution in [1.29, 1.82) is 0 Å². The highest BCUT2D eigenvalue weighted by atomic mass is 16.5. The number of hydrogen-bond acceptors (Lipinski definition) is 5. The fraction of sp³-hybridized carbons (Fsp3) is 0.158. The van der Waals surface area contributed by atoms with Gasteiger partial charge in [0.05, 0.1) is 18.2 Å². The summed E-state index contributed by atoms with van der Waals surface area (Å²) >= 11 is 0. The first-order chi connectivity index (χ1) is 12.9. The Labute approximate surface area is 154 Å². The largest absolute Gasteiger partial charge is 0.495 e. The van der Waals surface area contributed by atoms with Crippen LogP contribution >= 0.6 is 0 Å². The number of rotatable bonds is 4. The quantitative estimate of drug-likeness (QED) is 0.737. The maximum absolute atomic E-state index is 12.8. The molecule has 3 aromatic rings. The van der Waals surface area contributed by atoms with Crippen LogP contribution in [0.25, 0.3) is 10.8 Å². The van der Waals surface area contributed by atoms with Crippen molar-refractivity contribution in [3.63, 3.8) is 0 Å². The topological polar surface area (TPSA) is 102 Å². The number of carbonyl (C=O) groups excluding carboxylic acids is 2. The number of fused-ring (bicyclic) bond motifs is 1. The number of anilines is 2. The molecule has 0 radical (unpaired) electrons. The van der Waals surface area contributed by atoms with Gasteiger partial charge in [-0.2, -0.15) is 5.10 Å². The van der Waals surface area contributed by atoms with Crippen LogP contribution in [0.4, 0.5) is 11.4 Å². The Kier molecular flexibility index (Phi) is 4.89. The van der Waals surface area contributed by atoms with Gasteiger partial charge in [-0.3, -0.25) is 14.4 Å². The van der Waals surface area contributed by atoms with E-state index in [0.717, 1.165) is 4.68 Å². The Morgan fingerprint density at radius 2 is 1.78 bits per heavy atom. The predicted octanol–water partition coefficient (Wildman–Crippen LogP) is 2.15. The predicted molar refractivity (Wildman–Crippen MR) is 102 cm³/mol. The average Bonchev–Trinajstić information content (AvgIpc) is 2.64. The van der Waals surface area contributed by atoms with Crippen LogP contribution in [0.1, 0.15) is 17.4 Å². The van der Waals surface area contributed by atoms with Gasteiger partial charge in [-0.05, 0) is 24.3 Å². The van der Waals surface area contributed by atoms with Crippen molar-refractivity contribution in [1.82, 2.24) is 9.78 Å². The molecule has 3 rings (SSSR count). The molecule has 1 heterocycles. The van der Waals surface area contributed by atoms with Crippen molar-refractivity contribution >= 4 is 34.0 Å². The third kappa shape index (κ3) is 3.64.